The Balaban J connectivity index is 1.83. The van der Waals surface area contributed by atoms with E-state index in [9.17, 15) is 9.59 Å². The first-order valence-electron chi connectivity index (χ1n) is 7.85. The van der Waals surface area contributed by atoms with Crippen LogP contribution in [-0.2, 0) is 4.79 Å². The van der Waals surface area contributed by atoms with Crippen LogP contribution >= 0.6 is 24.0 Å². The molecule has 0 bridgehead atoms. The SMILES string of the molecule is CC(=O)c1ccc(-c2ccc(/C=C3/SC(=S)N(C(C)C)C3=O)o2)cc1. The number of hydrogen-bond donors (Lipinski definition) is 0. The van der Waals surface area contributed by atoms with Gasteiger partial charge in [0, 0.05) is 23.2 Å². The monoisotopic (exact) mass is 371 g/mol. The molecule has 1 amide bonds. The molecule has 6 heteroatoms. The molecule has 128 valence electrons. The second kappa shape index (κ2) is 6.98. The number of nitrogens with zero attached hydrogens (tertiary/aromatic N) is 1. The predicted octanol–water partition coefficient (Wildman–Crippen LogP) is 4.76. The van der Waals surface area contributed by atoms with Crippen molar-refractivity contribution in [2.45, 2.75) is 26.8 Å². The highest BCUT2D eigenvalue weighted by Gasteiger charge is 2.33. The number of hydrogen-bond acceptors (Lipinski definition) is 5. The number of thiocarbonyl (C=S) groups is 1. The zero-order valence-corrected chi connectivity index (χ0v) is 15.7. The molecule has 2 heterocycles. The van der Waals surface area contributed by atoms with E-state index in [-0.39, 0.29) is 17.7 Å². The largest absolute Gasteiger partial charge is 0.457 e. The molecule has 0 aliphatic carbocycles. The third kappa shape index (κ3) is 3.60. The average molecular weight is 371 g/mol. The van der Waals surface area contributed by atoms with E-state index in [4.69, 9.17) is 16.6 Å². The first-order valence-corrected chi connectivity index (χ1v) is 9.07. The minimum Gasteiger partial charge on any atom is -0.457 e. The summed E-state index contributed by atoms with van der Waals surface area (Å²) in [6.07, 6.45) is 1.72. The van der Waals surface area contributed by atoms with E-state index in [0.29, 0.717) is 26.3 Å². The molecule has 2 aromatic rings. The average Bonchev–Trinajstić information content (AvgIpc) is 3.12. The van der Waals surface area contributed by atoms with Crippen molar-refractivity contribution < 1.29 is 14.0 Å². The van der Waals surface area contributed by atoms with E-state index in [1.54, 1.807) is 23.1 Å². The van der Waals surface area contributed by atoms with Gasteiger partial charge in [-0.2, -0.15) is 0 Å². The first kappa shape index (κ1) is 17.6. The molecule has 1 fully saturated rings. The summed E-state index contributed by atoms with van der Waals surface area (Å²) in [6.45, 7) is 5.40. The smallest absolute Gasteiger partial charge is 0.266 e. The van der Waals surface area contributed by atoms with Crippen molar-refractivity contribution in [3.8, 4) is 11.3 Å². The lowest BCUT2D eigenvalue weighted by atomic mass is 10.1. The molecule has 0 radical (unpaired) electrons. The maximum absolute atomic E-state index is 12.4. The number of Topliss-reactive ketones (excluding diaryl/α,β-unsaturated/α-hetero) is 1. The van der Waals surface area contributed by atoms with Crippen molar-refractivity contribution in [1.82, 2.24) is 4.90 Å². The summed E-state index contributed by atoms with van der Waals surface area (Å²) < 4.78 is 6.39. The fraction of sp³-hybridized carbons (Fsp3) is 0.211. The van der Waals surface area contributed by atoms with Gasteiger partial charge in [0.2, 0.25) is 0 Å². The van der Waals surface area contributed by atoms with Crippen molar-refractivity contribution in [3.63, 3.8) is 0 Å². The summed E-state index contributed by atoms with van der Waals surface area (Å²) in [4.78, 5) is 25.9. The number of carbonyl (C=O) groups is 2. The van der Waals surface area contributed by atoms with Gasteiger partial charge in [-0.1, -0.05) is 48.2 Å². The summed E-state index contributed by atoms with van der Waals surface area (Å²) >= 11 is 6.56. The van der Waals surface area contributed by atoms with E-state index in [1.807, 2.05) is 38.1 Å². The van der Waals surface area contributed by atoms with Crippen LogP contribution in [0.5, 0.6) is 0 Å². The van der Waals surface area contributed by atoms with Gasteiger partial charge >= 0.3 is 0 Å². The van der Waals surface area contributed by atoms with Crippen molar-refractivity contribution in [2.75, 3.05) is 0 Å². The van der Waals surface area contributed by atoms with Crippen LogP contribution in [0, 0.1) is 0 Å². The zero-order valence-electron chi connectivity index (χ0n) is 14.1. The number of rotatable bonds is 4. The molecule has 0 spiro atoms. The Bertz CT molecular complexity index is 878. The van der Waals surface area contributed by atoms with Gasteiger partial charge in [-0.15, -0.1) is 0 Å². The lowest BCUT2D eigenvalue weighted by Gasteiger charge is -2.18. The highest BCUT2D eigenvalue weighted by atomic mass is 32.2. The van der Waals surface area contributed by atoms with Crippen molar-refractivity contribution in [3.05, 3.63) is 52.6 Å². The fourth-order valence-corrected chi connectivity index (χ4v) is 4.01. The third-order valence-electron chi connectivity index (χ3n) is 3.82. The highest BCUT2D eigenvalue weighted by Crippen LogP contribution is 2.34. The molecule has 0 saturated carbocycles. The number of ketones is 1. The Kier molecular flexibility index (Phi) is 4.92. The summed E-state index contributed by atoms with van der Waals surface area (Å²) in [6, 6.07) is 10.9. The van der Waals surface area contributed by atoms with Crippen molar-refractivity contribution in [2.24, 2.45) is 0 Å². The van der Waals surface area contributed by atoms with E-state index in [1.165, 1.54) is 18.7 Å². The van der Waals surface area contributed by atoms with Gasteiger partial charge in [0.15, 0.2) is 5.78 Å². The van der Waals surface area contributed by atoms with Gasteiger partial charge in [0.05, 0.1) is 4.91 Å². The van der Waals surface area contributed by atoms with E-state index < -0.39 is 0 Å². The molecule has 4 nitrogen and oxygen atoms in total. The number of carbonyl (C=O) groups excluding carboxylic acids is 2. The second-order valence-electron chi connectivity index (χ2n) is 5.98. The van der Waals surface area contributed by atoms with Crippen LogP contribution in [-0.4, -0.2) is 27.0 Å². The molecule has 0 atom stereocenters. The highest BCUT2D eigenvalue weighted by molar-refractivity contribution is 8.26. The molecule has 1 aromatic heterocycles. The number of thioether (sulfide) groups is 1. The fourth-order valence-electron chi connectivity index (χ4n) is 2.51. The predicted molar refractivity (Wildman–Crippen MR) is 104 cm³/mol. The summed E-state index contributed by atoms with van der Waals surface area (Å²) in [5.74, 6) is 1.21. The maximum atomic E-state index is 12.4. The molecule has 0 N–H and O–H groups in total. The Labute approximate surface area is 155 Å². The zero-order chi connectivity index (χ0) is 18.1. The molecular weight excluding hydrogens is 354 g/mol. The van der Waals surface area contributed by atoms with Crippen LogP contribution in [0.4, 0.5) is 0 Å². The van der Waals surface area contributed by atoms with Crippen LogP contribution in [0.25, 0.3) is 17.4 Å². The van der Waals surface area contributed by atoms with Gasteiger partial charge in [0.1, 0.15) is 15.8 Å². The van der Waals surface area contributed by atoms with Crippen LogP contribution in [0.3, 0.4) is 0 Å². The Morgan fingerprint density at radius 3 is 2.44 bits per heavy atom. The molecule has 1 aromatic carbocycles. The number of furan rings is 1. The lowest BCUT2D eigenvalue weighted by Crippen LogP contribution is -2.34. The quantitative estimate of drug-likeness (QED) is 0.441. The number of benzene rings is 1. The Hall–Kier alpha value is -2.18. The van der Waals surface area contributed by atoms with Crippen LogP contribution < -0.4 is 0 Å². The van der Waals surface area contributed by atoms with Crippen LogP contribution in [0.15, 0.2) is 45.7 Å². The van der Waals surface area contributed by atoms with Gasteiger partial charge < -0.3 is 4.42 Å². The topological polar surface area (TPSA) is 50.5 Å². The Morgan fingerprint density at radius 2 is 1.88 bits per heavy atom. The molecular formula is C19H17NO3S2. The minimum absolute atomic E-state index is 0.0267. The molecule has 1 saturated heterocycles. The van der Waals surface area contributed by atoms with Crippen molar-refractivity contribution in [1.29, 1.82) is 0 Å². The van der Waals surface area contributed by atoms with Gasteiger partial charge in [-0.3, -0.25) is 14.5 Å². The van der Waals surface area contributed by atoms with E-state index >= 15 is 0 Å². The number of amides is 1. The van der Waals surface area contributed by atoms with Crippen LogP contribution in [0.1, 0.15) is 36.9 Å². The molecule has 25 heavy (non-hydrogen) atoms. The third-order valence-corrected chi connectivity index (χ3v) is 5.15. The van der Waals surface area contributed by atoms with Gasteiger partial charge in [-0.25, -0.2) is 0 Å². The summed E-state index contributed by atoms with van der Waals surface area (Å²) in [5.41, 5.74) is 1.53. The van der Waals surface area contributed by atoms with E-state index in [2.05, 4.69) is 0 Å². The minimum atomic E-state index is -0.0891. The second-order valence-corrected chi connectivity index (χ2v) is 7.66. The Morgan fingerprint density at radius 1 is 1.20 bits per heavy atom. The summed E-state index contributed by atoms with van der Waals surface area (Å²) in [5, 5.41) is 0. The molecule has 0 unspecified atom stereocenters. The molecule has 1 aliphatic heterocycles. The normalized spacial score (nSPS) is 16.3. The molecule has 3 rings (SSSR count). The lowest BCUT2D eigenvalue weighted by molar-refractivity contribution is -0.123. The van der Waals surface area contributed by atoms with Crippen molar-refractivity contribution >= 4 is 46.1 Å². The van der Waals surface area contributed by atoms with Gasteiger partial charge in [0.25, 0.3) is 5.91 Å². The summed E-state index contributed by atoms with van der Waals surface area (Å²) in [7, 11) is 0. The van der Waals surface area contributed by atoms with E-state index in [0.717, 1.165) is 5.56 Å². The maximum Gasteiger partial charge on any atom is 0.266 e. The molecule has 1 aliphatic rings. The van der Waals surface area contributed by atoms with Crippen LogP contribution in [0.2, 0.25) is 0 Å². The van der Waals surface area contributed by atoms with Gasteiger partial charge in [-0.05, 0) is 32.9 Å². The first-order chi connectivity index (χ1) is 11.9. The standard InChI is InChI=1S/C19H17NO3S2/c1-11(2)20-18(22)17(25-19(20)24)10-15-8-9-16(23-15)14-6-4-13(5-7-14)12(3)21/h4-11H,1-3H3/b17-10+.